The van der Waals surface area contributed by atoms with Crippen LogP contribution in [0.5, 0.6) is 5.75 Å². The number of nitrogens with one attached hydrogen (secondary N) is 1. The summed E-state index contributed by atoms with van der Waals surface area (Å²) in [4.78, 5) is 12.2. The summed E-state index contributed by atoms with van der Waals surface area (Å²) in [5, 5.41) is 3.40. The summed E-state index contributed by atoms with van der Waals surface area (Å²) < 4.78 is 5.08. The molecule has 0 unspecified atom stereocenters. The largest absolute Gasteiger partial charge is 0.495 e. The number of carbonyl (C=O) groups excluding carboxylic acids is 1. The van der Waals surface area contributed by atoms with Gasteiger partial charge in [-0.25, -0.2) is 0 Å². The van der Waals surface area contributed by atoms with Crippen LogP contribution in [0.15, 0.2) is 36.4 Å². The smallest absolute Gasteiger partial charge is 0.255 e. The van der Waals surface area contributed by atoms with Gasteiger partial charge in [0, 0.05) is 5.56 Å². The van der Waals surface area contributed by atoms with Gasteiger partial charge >= 0.3 is 0 Å². The van der Waals surface area contributed by atoms with Crippen LogP contribution in [-0.2, 0) is 0 Å². The monoisotopic (exact) mass is 310 g/mol. The molecule has 0 spiro atoms. The highest BCUT2D eigenvalue weighted by molar-refractivity contribution is 6.40. The first-order valence-electron chi connectivity index (χ1n) is 5.72. The highest BCUT2D eigenvalue weighted by Gasteiger charge is 2.13. The number of para-hydroxylation sites is 1. The van der Waals surface area contributed by atoms with Gasteiger partial charge in [-0.2, -0.15) is 0 Å². The number of methoxy groups -OCH3 is 1. The fraction of sp³-hybridized carbons (Fsp3) is 0.0714. The fourth-order valence-electron chi connectivity index (χ4n) is 1.66. The van der Waals surface area contributed by atoms with E-state index in [-0.39, 0.29) is 5.91 Å². The van der Waals surface area contributed by atoms with Crippen molar-refractivity contribution in [3.63, 3.8) is 0 Å². The van der Waals surface area contributed by atoms with Gasteiger partial charge in [0.15, 0.2) is 0 Å². The molecule has 0 bridgehead atoms. The Morgan fingerprint density at radius 3 is 2.45 bits per heavy atom. The summed E-state index contributed by atoms with van der Waals surface area (Å²) in [5.41, 5.74) is 6.93. The summed E-state index contributed by atoms with van der Waals surface area (Å²) in [6.07, 6.45) is 0. The summed E-state index contributed by atoms with van der Waals surface area (Å²) in [6.45, 7) is 0. The molecule has 0 radical (unpaired) electrons. The molecular weight excluding hydrogens is 299 g/mol. The van der Waals surface area contributed by atoms with Crippen LogP contribution in [0.25, 0.3) is 0 Å². The van der Waals surface area contributed by atoms with E-state index in [2.05, 4.69) is 5.32 Å². The van der Waals surface area contributed by atoms with Gasteiger partial charge in [0.25, 0.3) is 5.91 Å². The summed E-state index contributed by atoms with van der Waals surface area (Å²) in [7, 11) is 1.48. The van der Waals surface area contributed by atoms with Gasteiger partial charge in [0.05, 0.1) is 28.5 Å². The maximum atomic E-state index is 12.2. The van der Waals surface area contributed by atoms with Crippen molar-refractivity contribution in [1.29, 1.82) is 0 Å². The second-order valence-corrected chi connectivity index (χ2v) is 4.82. The third-order valence-electron chi connectivity index (χ3n) is 2.70. The molecule has 6 heteroatoms. The number of nitrogen functional groups attached to an aromatic ring is 1. The molecule has 0 saturated carbocycles. The SMILES string of the molecule is COc1cc(C(=O)Nc2c(Cl)cccc2Cl)ccc1N. The Morgan fingerprint density at radius 1 is 1.20 bits per heavy atom. The molecule has 1 amide bonds. The molecule has 0 saturated heterocycles. The van der Waals surface area contributed by atoms with Gasteiger partial charge < -0.3 is 15.8 Å². The van der Waals surface area contributed by atoms with Crippen LogP contribution in [0.1, 0.15) is 10.4 Å². The Kier molecular flexibility index (Phi) is 4.37. The van der Waals surface area contributed by atoms with E-state index >= 15 is 0 Å². The second kappa shape index (κ2) is 6.03. The Morgan fingerprint density at radius 2 is 1.85 bits per heavy atom. The summed E-state index contributed by atoms with van der Waals surface area (Å²) >= 11 is 12.0. The molecule has 2 aromatic carbocycles. The van der Waals surface area contributed by atoms with E-state index in [1.54, 1.807) is 36.4 Å². The maximum absolute atomic E-state index is 12.2. The molecule has 0 fully saturated rings. The quantitative estimate of drug-likeness (QED) is 0.847. The Hall–Kier alpha value is -1.91. The van der Waals surface area contributed by atoms with E-state index in [9.17, 15) is 4.79 Å². The van der Waals surface area contributed by atoms with Gasteiger partial charge in [-0.15, -0.1) is 0 Å². The van der Waals surface area contributed by atoms with Crippen molar-refractivity contribution in [2.75, 3.05) is 18.2 Å². The molecule has 0 aliphatic rings. The second-order valence-electron chi connectivity index (χ2n) is 4.01. The Balaban J connectivity index is 2.29. The molecule has 2 aromatic rings. The van der Waals surface area contributed by atoms with Gasteiger partial charge in [-0.1, -0.05) is 29.3 Å². The number of hydrogen-bond donors (Lipinski definition) is 2. The molecular formula is C14H12Cl2N2O2. The summed E-state index contributed by atoms with van der Waals surface area (Å²) in [5.74, 6) is 0.0844. The molecule has 0 atom stereocenters. The van der Waals surface area contributed by atoms with Crippen LogP contribution in [0.2, 0.25) is 10.0 Å². The number of benzene rings is 2. The lowest BCUT2D eigenvalue weighted by Gasteiger charge is -2.10. The van der Waals surface area contributed by atoms with Crippen LogP contribution >= 0.6 is 23.2 Å². The van der Waals surface area contributed by atoms with Crippen LogP contribution in [-0.4, -0.2) is 13.0 Å². The first-order valence-corrected chi connectivity index (χ1v) is 6.47. The fourth-order valence-corrected chi connectivity index (χ4v) is 2.15. The maximum Gasteiger partial charge on any atom is 0.255 e. The minimum atomic E-state index is -0.349. The lowest BCUT2D eigenvalue weighted by Crippen LogP contribution is -2.13. The highest BCUT2D eigenvalue weighted by atomic mass is 35.5. The minimum absolute atomic E-state index is 0.349. The zero-order chi connectivity index (χ0) is 14.7. The van der Waals surface area contributed by atoms with E-state index in [0.29, 0.717) is 32.7 Å². The number of anilines is 2. The molecule has 0 aliphatic carbocycles. The highest BCUT2D eigenvalue weighted by Crippen LogP contribution is 2.30. The predicted molar refractivity (Wildman–Crippen MR) is 81.8 cm³/mol. The molecule has 3 N–H and O–H groups in total. The normalized spacial score (nSPS) is 10.2. The minimum Gasteiger partial charge on any atom is -0.495 e. The van der Waals surface area contributed by atoms with Gasteiger partial charge in [0.1, 0.15) is 5.75 Å². The van der Waals surface area contributed by atoms with Crippen molar-refractivity contribution in [3.8, 4) is 5.75 Å². The van der Waals surface area contributed by atoms with Crippen LogP contribution in [0.4, 0.5) is 11.4 Å². The molecule has 0 heterocycles. The Bertz CT molecular complexity index is 639. The molecule has 104 valence electrons. The van der Waals surface area contributed by atoms with Crippen molar-refractivity contribution < 1.29 is 9.53 Å². The van der Waals surface area contributed by atoms with Gasteiger partial charge in [-0.05, 0) is 30.3 Å². The average Bonchev–Trinajstić information content (AvgIpc) is 2.43. The number of carbonyl (C=O) groups is 1. The third-order valence-corrected chi connectivity index (χ3v) is 3.33. The number of amides is 1. The zero-order valence-electron chi connectivity index (χ0n) is 10.6. The van der Waals surface area contributed by atoms with E-state index < -0.39 is 0 Å². The van der Waals surface area contributed by atoms with Gasteiger partial charge in [0.2, 0.25) is 0 Å². The standard InChI is InChI=1S/C14H12Cl2N2O2/c1-20-12-7-8(5-6-11(12)17)14(19)18-13-9(15)3-2-4-10(13)16/h2-7H,17H2,1H3,(H,18,19). The lowest BCUT2D eigenvalue weighted by atomic mass is 10.1. The Labute approximate surface area is 126 Å². The molecule has 0 aliphatic heterocycles. The molecule has 2 rings (SSSR count). The molecule has 4 nitrogen and oxygen atoms in total. The third kappa shape index (κ3) is 2.98. The number of nitrogens with two attached hydrogens (primary N) is 1. The van der Waals surface area contributed by atoms with Crippen molar-refractivity contribution in [3.05, 3.63) is 52.0 Å². The van der Waals surface area contributed by atoms with Gasteiger partial charge in [-0.3, -0.25) is 4.79 Å². The van der Waals surface area contributed by atoms with Crippen molar-refractivity contribution in [2.45, 2.75) is 0 Å². The summed E-state index contributed by atoms with van der Waals surface area (Å²) in [6, 6.07) is 9.74. The molecule has 0 aromatic heterocycles. The van der Waals surface area contributed by atoms with Crippen molar-refractivity contribution in [1.82, 2.24) is 0 Å². The van der Waals surface area contributed by atoms with Crippen LogP contribution < -0.4 is 15.8 Å². The number of rotatable bonds is 3. The lowest BCUT2D eigenvalue weighted by molar-refractivity contribution is 0.102. The molecule has 20 heavy (non-hydrogen) atoms. The van der Waals surface area contributed by atoms with E-state index in [1.807, 2.05) is 0 Å². The zero-order valence-corrected chi connectivity index (χ0v) is 12.1. The number of halogens is 2. The average molecular weight is 311 g/mol. The predicted octanol–water partition coefficient (Wildman–Crippen LogP) is 3.84. The number of ether oxygens (including phenoxy) is 1. The van der Waals surface area contributed by atoms with Crippen molar-refractivity contribution in [2.24, 2.45) is 0 Å². The van der Waals surface area contributed by atoms with E-state index in [4.69, 9.17) is 33.7 Å². The van der Waals surface area contributed by atoms with Crippen LogP contribution in [0.3, 0.4) is 0 Å². The number of hydrogen-bond acceptors (Lipinski definition) is 3. The topological polar surface area (TPSA) is 64.3 Å². The first-order chi connectivity index (χ1) is 9.52. The first kappa shape index (κ1) is 14.5. The van der Waals surface area contributed by atoms with E-state index in [1.165, 1.54) is 7.11 Å². The van der Waals surface area contributed by atoms with Crippen molar-refractivity contribution >= 4 is 40.5 Å². The van der Waals surface area contributed by atoms with E-state index in [0.717, 1.165) is 0 Å². The van der Waals surface area contributed by atoms with Crippen LogP contribution in [0, 0.1) is 0 Å².